The Bertz CT molecular complexity index is 949. The first-order chi connectivity index (χ1) is 14.1. The molecule has 2 N–H and O–H groups in total. The van der Waals surface area contributed by atoms with Crippen molar-refractivity contribution in [1.29, 1.82) is 0 Å². The van der Waals surface area contributed by atoms with E-state index in [-0.39, 0.29) is 18.2 Å². The molecule has 0 saturated carbocycles. The Labute approximate surface area is 175 Å². The molecule has 5 nitrogen and oxygen atoms in total. The second-order valence-corrected chi connectivity index (χ2v) is 6.95. The number of nitrogens with one attached hydrogen (secondary N) is 2. The molecule has 0 radical (unpaired) electrons. The van der Waals surface area contributed by atoms with Crippen LogP contribution in [0.3, 0.4) is 0 Å². The standard InChI is InChI=1S/C23H22ClN3O2/c24-20-12-5-4-11-19(20)23(29)27-21(17-8-2-1-3-9-17)16-22(28)26-15-13-18-10-6-7-14-25-18/h1-12,14,21H,13,15-16H2,(H,26,28)(H,27,29). The first-order valence-corrected chi connectivity index (χ1v) is 9.78. The van der Waals surface area contributed by atoms with Crippen molar-refractivity contribution < 1.29 is 9.59 Å². The molecule has 0 aliphatic carbocycles. The Morgan fingerprint density at radius 1 is 0.931 bits per heavy atom. The van der Waals surface area contributed by atoms with Gasteiger partial charge in [0, 0.05) is 24.9 Å². The van der Waals surface area contributed by atoms with E-state index in [2.05, 4.69) is 15.6 Å². The van der Waals surface area contributed by atoms with E-state index in [1.54, 1.807) is 30.5 Å². The number of amides is 2. The fourth-order valence-electron chi connectivity index (χ4n) is 2.95. The molecule has 1 atom stereocenters. The summed E-state index contributed by atoms with van der Waals surface area (Å²) in [6.07, 6.45) is 2.50. The van der Waals surface area contributed by atoms with Crippen molar-refractivity contribution in [1.82, 2.24) is 15.6 Å². The molecule has 2 amide bonds. The number of carbonyl (C=O) groups is 2. The number of benzene rings is 2. The third kappa shape index (κ3) is 6.16. The summed E-state index contributed by atoms with van der Waals surface area (Å²) in [6.45, 7) is 0.482. The highest BCUT2D eigenvalue weighted by atomic mass is 35.5. The minimum atomic E-state index is -0.463. The molecule has 1 aromatic heterocycles. The molecule has 0 bridgehead atoms. The van der Waals surface area contributed by atoms with Crippen LogP contribution in [0.5, 0.6) is 0 Å². The first kappa shape index (κ1) is 20.6. The predicted molar refractivity (Wildman–Crippen MR) is 114 cm³/mol. The van der Waals surface area contributed by atoms with Gasteiger partial charge in [-0.05, 0) is 29.8 Å². The van der Waals surface area contributed by atoms with E-state index in [0.717, 1.165) is 11.3 Å². The predicted octanol–water partition coefficient (Wildman–Crippen LogP) is 3.96. The van der Waals surface area contributed by atoms with Crippen LogP contribution in [0.1, 0.15) is 34.1 Å². The van der Waals surface area contributed by atoms with E-state index in [4.69, 9.17) is 11.6 Å². The van der Waals surface area contributed by atoms with Crippen molar-refractivity contribution >= 4 is 23.4 Å². The molecule has 3 aromatic rings. The zero-order chi connectivity index (χ0) is 20.5. The van der Waals surface area contributed by atoms with E-state index in [9.17, 15) is 9.59 Å². The lowest BCUT2D eigenvalue weighted by Crippen LogP contribution is -2.34. The van der Waals surface area contributed by atoms with E-state index < -0.39 is 6.04 Å². The van der Waals surface area contributed by atoms with Gasteiger partial charge < -0.3 is 10.6 Å². The van der Waals surface area contributed by atoms with Crippen molar-refractivity contribution in [2.45, 2.75) is 18.9 Å². The second-order valence-electron chi connectivity index (χ2n) is 6.54. The van der Waals surface area contributed by atoms with Crippen molar-refractivity contribution in [3.8, 4) is 0 Å². The summed E-state index contributed by atoms with van der Waals surface area (Å²) < 4.78 is 0. The molecule has 0 saturated heterocycles. The molecule has 0 aliphatic heterocycles. The minimum Gasteiger partial charge on any atom is -0.356 e. The number of hydrogen-bond acceptors (Lipinski definition) is 3. The quantitative estimate of drug-likeness (QED) is 0.593. The van der Waals surface area contributed by atoms with Crippen LogP contribution < -0.4 is 10.6 Å². The molecule has 0 fully saturated rings. The van der Waals surface area contributed by atoms with Gasteiger partial charge in [-0.25, -0.2) is 0 Å². The summed E-state index contributed by atoms with van der Waals surface area (Å²) in [4.78, 5) is 29.4. The van der Waals surface area contributed by atoms with Gasteiger partial charge in [0.2, 0.25) is 5.91 Å². The summed E-state index contributed by atoms with van der Waals surface area (Å²) >= 11 is 6.14. The minimum absolute atomic E-state index is 0.127. The van der Waals surface area contributed by atoms with Gasteiger partial charge >= 0.3 is 0 Å². The van der Waals surface area contributed by atoms with Crippen molar-refractivity contribution in [2.75, 3.05) is 6.54 Å². The Morgan fingerprint density at radius 3 is 2.38 bits per heavy atom. The van der Waals surface area contributed by atoms with Crippen LogP contribution in [-0.4, -0.2) is 23.3 Å². The number of pyridine rings is 1. The van der Waals surface area contributed by atoms with Crippen LogP contribution >= 0.6 is 11.6 Å². The fourth-order valence-corrected chi connectivity index (χ4v) is 3.17. The highest BCUT2D eigenvalue weighted by molar-refractivity contribution is 6.33. The van der Waals surface area contributed by atoms with Crippen LogP contribution in [0.2, 0.25) is 5.02 Å². The maximum Gasteiger partial charge on any atom is 0.253 e. The summed E-state index contributed by atoms with van der Waals surface area (Å²) in [6, 6.07) is 21.5. The van der Waals surface area contributed by atoms with E-state index in [1.807, 2.05) is 48.5 Å². The fraction of sp³-hybridized carbons (Fsp3) is 0.174. The van der Waals surface area contributed by atoms with Gasteiger partial charge in [-0.3, -0.25) is 14.6 Å². The second kappa shape index (κ2) is 10.4. The molecule has 29 heavy (non-hydrogen) atoms. The third-order valence-corrected chi connectivity index (χ3v) is 4.77. The third-order valence-electron chi connectivity index (χ3n) is 4.44. The van der Waals surface area contributed by atoms with E-state index in [0.29, 0.717) is 23.6 Å². The Balaban J connectivity index is 1.63. The van der Waals surface area contributed by atoms with E-state index >= 15 is 0 Å². The molecule has 0 spiro atoms. The Morgan fingerprint density at radius 2 is 1.66 bits per heavy atom. The summed E-state index contributed by atoms with van der Waals surface area (Å²) in [5.41, 5.74) is 2.15. The Kier molecular flexibility index (Phi) is 7.36. The van der Waals surface area contributed by atoms with Gasteiger partial charge in [0.15, 0.2) is 0 Å². The van der Waals surface area contributed by atoms with Crippen LogP contribution in [-0.2, 0) is 11.2 Å². The zero-order valence-electron chi connectivity index (χ0n) is 15.8. The zero-order valence-corrected chi connectivity index (χ0v) is 16.6. The SMILES string of the molecule is O=C(CC(NC(=O)c1ccccc1Cl)c1ccccc1)NCCc1ccccn1. The van der Waals surface area contributed by atoms with Gasteiger partial charge in [-0.2, -0.15) is 0 Å². The van der Waals surface area contributed by atoms with Gasteiger partial charge in [0.1, 0.15) is 0 Å². The molecule has 1 unspecified atom stereocenters. The molecule has 6 heteroatoms. The summed E-state index contributed by atoms with van der Waals surface area (Å²) in [7, 11) is 0. The highest BCUT2D eigenvalue weighted by Crippen LogP contribution is 2.20. The number of halogens is 1. The number of carbonyl (C=O) groups excluding carboxylic acids is 2. The van der Waals surface area contributed by atoms with Crippen molar-refractivity contribution in [3.05, 3.63) is 101 Å². The van der Waals surface area contributed by atoms with Crippen LogP contribution in [0.4, 0.5) is 0 Å². The first-order valence-electron chi connectivity index (χ1n) is 9.40. The molecule has 1 heterocycles. The maximum absolute atomic E-state index is 12.7. The highest BCUT2D eigenvalue weighted by Gasteiger charge is 2.20. The van der Waals surface area contributed by atoms with Crippen molar-refractivity contribution in [3.63, 3.8) is 0 Å². The van der Waals surface area contributed by atoms with E-state index in [1.165, 1.54) is 0 Å². The molecular weight excluding hydrogens is 386 g/mol. The largest absolute Gasteiger partial charge is 0.356 e. The molecule has 148 valence electrons. The summed E-state index contributed by atoms with van der Waals surface area (Å²) in [5.74, 6) is -0.458. The summed E-state index contributed by atoms with van der Waals surface area (Å²) in [5, 5.41) is 6.20. The number of aromatic nitrogens is 1. The lowest BCUT2D eigenvalue weighted by atomic mass is 10.0. The van der Waals surface area contributed by atoms with Crippen molar-refractivity contribution in [2.24, 2.45) is 0 Å². The molecule has 0 aliphatic rings. The maximum atomic E-state index is 12.7. The topological polar surface area (TPSA) is 71.1 Å². The van der Waals surface area contributed by atoms with Crippen LogP contribution in [0.25, 0.3) is 0 Å². The number of rotatable bonds is 8. The normalized spacial score (nSPS) is 11.5. The van der Waals surface area contributed by atoms with Gasteiger partial charge in [-0.15, -0.1) is 0 Å². The lowest BCUT2D eigenvalue weighted by molar-refractivity contribution is -0.121. The Hall–Kier alpha value is -3.18. The van der Waals surface area contributed by atoms with Gasteiger partial charge in [0.25, 0.3) is 5.91 Å². The van der Waals surface area contributed by atoms with Crippen LogP contribution in [0.15, 0.2) is 79.0 Å². The monoisotopic (exact) mass is 407 g/mol. The van der Waals surface area contributed by atoms with Gasteiger partial charge in [0.05, 0.1) is 23.0 Å². The molecular formula is C23H22ClN3O2. The number of nitrogens with zero attached hydrogens (tertiary/aromatic N) is 1. The lowest BCUT2D eigenvalue weighted by Gasteiger charge is -2.19. The average Bonchev–Trinajstić information content (AvgIpc) is 2.75. The van der Waals surface area contributed by atoms with Gasteiger partial charge in [-0.1, -0.05) is 60.1 Å². The molecule has 3 rings (SSSR count). The molecule has 2 aromatic carbocycles. The average molecular weight is 408 g/mol. The number of hydrogen-bond donors (Lipinski definition) is 2. The smallest absolute Gasteiger partial charge is 0.253 e. The van der Waals surface area contributed by atoms with Crippen LogP contribution in [0, 0.1) is 0 Å².